The van der Waals surface area contributed by atoms with E-state index in [1.54, 1.807) is 6.07 Å². The molecule has 3 aromatic rings. The summed E-state index contributed by atoms with van der Waals surface area (Å²) in [6, 6.07) is 13.7. The largest absolute Gasteiger partial charge is 0.345 e. The number of nitrogens with one attached hydrogen (secondary N) is 2. The van der Waals surface area contributed by atoms with E-state index in [2.05, 4.69) is 50.1 Å². The summed E-state index contributed by atoms with van der Waals surface area (Å²) in [4.78, 5) is 14.9. The van der Waals surface area contributed by atoms with Gasteiger partial charge in [-0.15, -0.1) is 0 Å². The number of aromatic amines is 1. The van der Waals surface area contributed by atoms with Gasteiger partial charge in [0.2, 0.25) is 0 Å². The number of amides is 1. The molecule has 0 aliphatic carbocycles. The van der Waals surface area contributed by atoms with E-state index in [0.717, 1.165) is 43.1 Å². The van der Waals surface area contributed by atoms with E-state index in [-0.39, 0.29) is 5.91 Å². The Morgan fingerprint density at radius 3 is 2.82 bits per heavy atom. The highest BCUT2D eigenvalue weighted by Gasteiger charge is 2.19. The molecule has 0 atom stereocenters. The Kier molecular flexibility index (Phi) is 5.25. The predicted molar refractivity (Wildman–Crippen MR) is 108 cm³/mol. The zero-order valence-corrected chi connectivity index (χ0v) is 16.4. The summed E-state index contributed by atoms with van der Waals surface area (Å²) < 4.78 is 2.06. The molecular formula is C21H26N6O. The quantitative estimate of drug-likeness (QED) is 0.691. The zero-order chi connectivity index (χ0) is 19.5. The number of H-pyrrole nitrogens is 1. The van der Waals surface area contributed by atoms with Crippen LogP contribution in [0.1, 0.15) is 35.7 Å². The van der Waals surface area contributed by atoms with Crippen LogP contribution in [0.3, 0.4) is 0 Å². The highest BCUT2D eigenvalue weighted by atomic mass is 16.1. The summed E-state index contributed by atoms with van der Waals surface area (Å²) in [5, 5.41) is 14.6. The molecule has 3 heterocycles. The summed E-state index contributed by atoms with van der Waals surface area (Å²) in [5.74, 6) is 0.477. The number of benzene rings is 1. The fourth-order valence-corrected chi connectivity index (χ4v) is 3.60. The van der Waals surface area contributed by atoms with Gasteiger partial charge in [-0.25, -0.2) is 0 Å². The molecule has 28 heavy (non-hydrogen) atoms. The van der Waals surface area contributed by atoms with Crippen molar-refractivity contribution in [2.45, 2.75) is 33.5 Å². The molecule has 0 saturated carbocycles. The smallest absolute Gasteiger partial charge is 0.269 e. The number of aromatic nitrogens is 4. The molecule has 4 rings (SSSR count). The molecular weight excluding hydrogens is 352 g/mol. The minimum absolute atomic E-state index is 0.179. The van der Waals surface area contributed by atoms with Crippen molar-refractivity contribution in [3.8, 4) is 11.3 Å². The number of hydrogen-bond donors (Lipinski definition) is 2. The highest BCUT2D eigenvalue weighted by Crippen LogP contribution is 2.17. The molecule has 0 spiro atoms. The molecule has 0 unspecified atom stereocenters. The molecule has 0 radical (unpaired) electrons. The van der Waals surface area contributed by atoms with Gasteiger partial charge in [0.15, 0.2) is 0 Å². The minimum Gasteiger partial charge on any atom is -0.345 e. The Morgan fingerprint density at radius 2 is 2.04 bits per heavy atom. The second-order valence-electron chi connectivity index (χ2n) is 7.69. The first-order valence-corrected chi connectivity index (χ1v) is 9.75. The maximum atomic E-state index is 12.5. The second kappa shape index (κ2) is 7.98. The molecule has 2 aromatic heterocycles. The van der Waals surface area contributed by atoms with Crippen molar-refractivity contribution >= 4 is 5.91 Å². The van der Waals surface area contributed by atoms with Crippen LogP contribution in [0.2, 0.25) is 0 Å². The van der Waals surface area contributed by atoms with Gasteiger partial charge in [0, 0.05) is 25.2 Å². The number of carbonyl (C=O) groups is 1. The third-order valence-electron chi connectivity index (χ3n) is 4.87. The Balaban J connectivity index is 1.36. The first kappa shape index (κ1) is 18.4. The fourth-order valence-electron chi connectivity index (χ4n) is 3.60. The number of fused-ring (bicyclic) bond motifs is 1. The number of rotatable bonds is 6. The van der Waals surface area contributed by atoms with E-state index >= 15 is 0 Å². The first-order chi connectivity index (χ1) is 13.6. The first-order valence-electron chi connectivity index (χ1n) is 9.75. The SMILES string of the molecule is CC(C)CN1CCn2nc(CNC(=O)c3cc(-c4ccccc4)n[nH]3)cc2C1. The van der Waals surface area contributed by atoms with Crippen molar-refractivity contribution in [1.82, 2.24) is 30.2 Å². The van der Waals surface area contributed by atoms with Crippen molar-refractivity contribution in [2.24, 2.45) is 5.92 Å². The summed E-state index contributed by atoms with van der Waals surface area (Å²) in [7, 11) is 0. The third kappa shape index (κ3) is 4.14. The van der Waals surface area contributed by atoms with E-state index in [1.165, 1.54) is 5.69 Å². The Bertz CT molecular complexity index is 943. The van der Waals surface area contributed by atoms with E-state index < -0.39 is 0 Å². The van der Waals surface area contributed by atoms with Crippen molar-refractivity contribution in [3.63, 3.8) is 0 Å². The van der Waals surface area contributed by atoms with Crippen molar-refractivity contribution < 1.29 is 4.79 Å². The van der Waals surface area contributed by atoms with E-state index in [1.807, 2.05) is 30.3 Å². The average Bonchev–Trinajstić information content (AvgIpc) is 3.33. The number of hydrogen-bond acceptors (Lipinski definition) is 4. The monoisotopic (exact) mass is 378 g/mol. The van der Waals surface area contributed by atoms with Crippen LogP contribution in [0.25, 0.3) is 11.3 Å². The number of carbonyl (C=O) groups excluding carboxylic acids is 1. The summed E-state index contributed by atoms with van der Waals surface area (Å²) >= 11 is 0. The van der Waals surface area contributed by atoms with Crippen LogP contribution >= 0.6 is 0 Å². The van der Waals surface area contributed by atoms with Gasteiger partial charge in [0.25, 0.3) is 5.91 Å². The van der Waals surface area contributed by atoms with Gasteiger partial charge >= 0.3 is 0 Å². The van der Waals surface area contributed by atoms with Crippen LogP contribution in [0.5, 0.6) is 0 Å². The van der Waals surface area contributed by atoms with Crippen LogP contribution in [0.4, 0.5) is 0 Å². The Morgan fingerprint density at radius 1 is 1.21 bits per heavy atom. The van der Waals surface area contributed by atoms with E-state index in [9.17, 15) is 4.79 Å². The maximum Gasteiger partial charge on any atom is 0.269 e. The van der Waals surface area contributed by atoms with E-state index in [4.69, 9.17) is 0 Å². The summed E-state index contributed by atoms with van der Waals surface area (Å²) in [5.41, 5.74) is 4.28. The lowest BCUT2D eigenvalue weighted by molar-refractivity contribution is 0.0945. The zero-order valence-electron chi connectivity index (χ0n) is 16.4. The Labute approximate surface area is 164 Å². The van der Waals surface area contributed by atoms with Gasteiger partial charge in [-0.05, 0) is 18.1 Å². The molecule has 1 amide bonds. The van der Waals surface area contributed by atoms with E-state index in [0.29, 0.717) is 18.2 Å². The Hall–Kier alpha value is -2.93. The number of nitrogens with zero attached hydrogens (tertiary/aromatic N) is 4. The molecule has 1 aliphatic rings. The molecule has 0 fully saturated rings. The average molecular weight is 378 g/mol. The molecule has 7 nitrogen and oxygen atoms in total. The standard InChI is InChI=1S/C21H26N6O/c1-15(2)13-26-8-9-27-18(14-26)10-17(25-27)12-22-21(28)20-11-19(23-24-20)16-6-4-3-5-7-16/h3-7,10-11,15H,8-9,12-14H2,1-2H3,(H,22,28)(H,23,24). The van der Waals surface area contributed by atoms with Gasteiger partial charge in [-0.2, -0.15) is 10.2 Å². The normalized spacial score (nSPS) is 14.2. The van der Waals surface area contributed by atoms with Crippen molar-refractivity contribution in [3.05, 3.63) is 59.5 Å². The molecule has 1 aliphatic heterocycles. The molecule has 1 aromatic carbocycles. The molecule has 2 N–H and O–H groups in total. The van der Waals surface area contributed by atoms with Crippen LogP contribution in [-0.2, 0) is 19.6 Å². The van der Waals surface area contributed by atoms with Gasteiger partial charge < -0.3 is 5.32 Å². The topological polar surface area (TPSA) is 78.8 Å². The van der Waals surface area contributed by atoms with Crippen LogP contribution in [0, 0.1) is 5.92 Å². The summed E-state index contributed by atoms with van der Waals surface area (Å²) in [6.07, 6.45) is 0. The lowest BCUT2D eigenvalue weighted by Crippen LogP contribution is -2.36. The highest BCUT2D eigenvalue weighted by molar-refractivity contribution is 5.93. The summed E-state index contributed by atoms with van der Waals surface area (Å²) in [6.45, 7) is 8.83. The maximum absolute atomic E-state index is 12.5. The lowest BCUT2D eigenvalue weighted by atomic mass is 10.1. The van der Waals surface area contributed by atoms with Crippen molar-refractivity contribution in [1.29, 1.82) is 0 Å². The van der Waals surface area contributed by atoms with Gasteiger partial charge in [-0.1, -0.05) is 44.2 Å². The second-order valence-corrected chi connectivity index (χ2v) is 7.69. The van der Waals surface area contributed by atoms with Crippen LogP contribution in [-0.4, -0.2) is 43.9 Å². The molecule has 7 heteroatoms. The minimum atomic E-state index is -0.179. The lowest BCUT2D eigenvalue weighted by Gasteiger charge is -2.28. The van der Waals surface area contributed by atoms with Crippen molar-refractivity contribution in [2.75, 3.05) is 13.1 Å². The van der Waals surface area contributed by atoms with Gasteiger partial charge in [-0.3, -0.25) is 19.5 Å². The molecule has 146 valence electrons. The van der Waals surface area contributed by atoms with Gasteiger partial charge in [0.1, 0.15) is 5.69 Å². The predicted octanol–water partition coefficient (Wildman–Crippen LogP) is 2.67. The molecule has 0 bridgehead atoms. The van der Waals surface area contributed by atoms with Gasteiger partial charge in [0.05, 0.1) is 30.2 Å². The molecule has 0 saturated heterocycles. The van der Waals surface area contributed by atoms with Crippen LogP contribution < -0.4 is 5.32 Å². The van der Waals surface area contributed by atoms with Crippen LogP contribution in [0.15, 0.2) is 42.5 Å². The third-order valence-corrected chi connectivity index (χ3v) is 4.87. The fraction of sp³-hybridized carbons (Fsp3) is 0.381.